The molecule has 0 saturated carbocycles. The Bertz CT molecular complexity index is 732. The SMILES string of the molecule is Cc1cccc(NC(=O)c2c(F)ccc([N+](=O)[O-])c2F)c1. The van der Waals surface area contributed by atoms with Crippen LogP contribution in [0.15, 0.2) is 36.4 Å². The molecule has 0 aliphatic carbocycles. The van der Waals surface area contributed by atoms with Gasteiger partial charge in [-0.2, -0.15) is 4.39 Å². The van der Waals surface area contributed by atoms with Gasteiger partial charge in [-0.25, -0.2) is 4.39 Å². The van der Waals surface area contributed by atoms with E-state index in [0.29, 0.717) is 17.8 Å². The van der Waals surface area contributed by atoms with Crippen molar-refractivity contribution in [3.8, 4) is 0 Å². The quantitative estimate of drug-likeness (QED) is 0.695. The minimum atomic E-state index is -1.50. The molecule has 0 bridgehead atoms. The Labute approximate surface area is 118 Å². The normalized spacial score (nSPS) is 10.2. The number of halogens is 2. The lowest BCUT2D eigenvalue weighted by Gasteiger charge is -2.08. The highest BCUT2D eigenvalue weighted by Crippen LogP contribution is 2.24. The third-order valence-corrected chi connectivity index (χ3v) is 2.77. The number of rotatable bonds is 3. The molecule has 0 unspecified atom stereocenters. The maximum atomic E-state index is 13.9. The average Bonchev–Trinajstić information content (AvgIpc) is 2.38. The molecular weight excluding hydrogens is 282 g/mol. The largest absolute Gasteiger partial charge is 0.322 e. The summed E-state index contributed by atoms with van der Waals surface area (Å²) >= 11 is 0. The lowest BCUT2D eigenvalue weighted by molar-refractivity contribution is -0.387. The number of carbonyl (C=O) groups excluding carboxylic acids is 1. The van der Waals surface area contributed by atoms with Crippen LogP contribution in [0.2, 0.25) is 0 Å². The van der Waals surface area contributed by atoms with Gasteiger partial charge in [-0.1, -0.05) is 12.1 Å². The zero-order chi connectivity index (χ0) is 15.6. The number of hydrogen-bond acceptors (Lipinski definition) is 3. The highest BCUT2D eigenvalue weighted by Gasteiger charge is 2.26. The highest BCUT2D eigenvalue weighted by atomic mass is 19.1. The fourth-order valence-corrected chi connectivity index (χ4v) is 1.81. The van der Waals surface area contributed by atoms with Crippen molar-refractivity contribution in [2.45, 2.75) is 6.92 Å². The molecule has 0 radical (unpaired) electrons. The second-order valence-electron chi connectivity index (χ2n) is 4.34. The average molecular weight is 292 g/mol. The van der Waals surface area contributed by atoms with Crippen LogP contribution in [0.3, 0.4) is 0 Å². The second kappa shape index (κ2) is 5.66. The number of amides is 1. The Hall–Kier alpha value is -2.83. The number of nitro groups is 1. The van der Waals surface area contributed by atoms with Crippen LogP contribution in [-0.2, 0) is 0 Å². The lowest BCUT2D eigenvalue weighted by Crippen LogP contribution is -2.16. The molecule has 7 heteroatoms. The van der Waals surface area contributed by atoms with E-state index in [4.69, 9.17) is 0 Å². The number of anilines is 1. The van der Waals surface area contributed by atoms with Gasteiger partial charge in [-0.15, -0.1) is 0 Å². The summed E-state index contributed by atoms with van der Waals surface area (Å²) in [7, 11) is 0. The molecule has 21 heavy (non-hydrogen) atoms. The molecule has 1 N–H and O–H groups in total. The Morgan fingerprint density at radius 1 is 1.24 bits per heavy atom. The van der Waals surface area contributed by atoms with Crippen molar-refractivity contribution in [1.29, 1.82) is 0 Å². The van der Waals surface area contributed by atoms with Crippen molar-refractivity contribution in [3.63, 3.8) is 0 Å². The standard InChI is InChI=1S/C14H10F2N2O3/c1-8-3-2-4-9(7-8)17-14(19)12-10(15)5-6-11(13(12)16)18(20)21/h2-7H,1H3,(H,17,19). The molecule has 2 rings (SSSR count). The predicted molar refractivity (Wildman–Crippen MR) is 72.1 cm³/mol. The number of nitro benzene ring substituents is 1. The van der Waals surface area contributed by atoms with Crippen LogP contribution in [0.4, 0.5) is 20.2 Å². The van der Waals surface area contributed by atoms with Crippen molar-refractivity contribution < 1.29 is 18.5 Å². The fraction of sp³-hybridized carbons (Fsp3) is 0.0714. The van der Waals surface area contributed by atoms with E-state index in [-0.39, 0.29) is 0 Å². The van der Waals surface area contributed by atoms with Crippen molar-refractivity contribution in [2.75, 3.05) is 5.32 Å². The van der Waals surface area contributed by atoms with E-state index in [2.05, 4.69) is 5.32 Å². The smallest absolute Gasteiger partial charge is 0.305 e. The molecule has 0 aromatic heterocycles. The third-order valence-electron chi connectivity index (χ3n) is 2.77. The summed E-state index contributed by atoms with van der Waals surface area (Å²) in [5.74, 6) is -3.74. The summed E-state index contributed by atoms with van der Waals surface area (Å²) in [6.45, 7) is 1.78. The van der Waals surface area contributed by atoms with Gasteiger partial charge in [0.1, 0.15) is 11.4 Å². The topological polar surface area (TPSA) is 72.2 Å². The van der Waals surface area contributed by atoms with Crippen molar-refractivity contribution >= 4 is 17.3 Å². The number of benzene rings is 2. The van der Waals surface area contributed by atoms with Crippen molar-refractivity contribution in [1.82, 2.24) is 0 Å². The van der Waals surface area contributed by atoms with Crippen LogP contribution in [0.1, 0.15) is 15.9 Å². The monoisotopic (exact) mass is 292 g/mol. The maximum absolute atomic E-state index is 13.9. The first-order valence-electron chi connectivity index (χ1n) is 5.90. The maximum Gasteiger partial charge on any atom is 0.305 e. The molecule has 0 heterocycles. The zero-order valence-corrected chi connectivity index (χ0v) is 10.9. The molecular formula is C14H10F2N2O3. The van der Waals surface area contributed by atoms with E-state index in [9.17, 15) is 23.7 Å². The van der Waals surface area contributed by atoms with E-state index in [1.54, 1.807) is 25.1 Å². The zero-order valence-electron chi connectivity index (χ0n) is 10.9. The number of hydrogen-bond donors (Lipinski definition) is 1. The molecule has 0 spiro atoms. The first-order valence-corrected chi connectivity index (χ1v) is 5.90. The van der Waals surface area contributed by atoms with Gasteiger partial charge in [0.25, 0.3) is 5.91 Å². The van der Waals surface area contributed by atoms with Crippen molar-refractivity contribution in [2.24, 2.45) is 0 Å². The summed E-state index contributed by atoms with van der Waals surface area (Å²) in [6.07, 6.45) is 0. The van der Waals surface area contributed by atoms with Gasteiger partial charge < -0.3 is 5.32 Å². The Morgan fingerprint density at radius 2 is 1.95 bits per heavy atom. The summed E-state index contributed by atoms with van der Waals surface area (Å²) in [5.41, 5.74) is -0.755. The molecule has 0 fully saturated rings. The van der Waals surface area contributed by atoms with Crippen LogP contribution in [-0.4, -0.2) is 10.8 Å². The molecule has 0 aliphatic rings. The van der Waals surface area contributed by atoms with Gasteiger partial charge in [0.05, 0.1) is 4.92 Å². The van der Waals surface area contributed by atoms with Gasteiger partial charge in [-0.05, 0) is 30.7 Å². The first-order chi connectivity index (χ1) is 9.90. The molecule has 2 aromatic rings. The van der Waals surface area contributed by atoms with Gasteiger partial charge in [0.15, 0.2) is 0 Å². The second-order valence-corrected chi connectivity index (χ2v) is 4.34. The Morgan fingerprint density at radius 3 is 2.57 bits per heavy atom. The van der Waals surface area contributed by atoms with Crippen LogP contribution in [0, 0.1) is 28.7 Å². The molecule has 0 saturated heterocycles. The van der Waals surface area contributed by atoms with Gasteiger partial charge in [0, 0.05) is 11.8 Å². The minimum Gasteiger partial charge on any atom is -0.322 e. The molecule has 108 valence electrons. The van der Waals surface area contributed by atoms with E-state index in [0.717, 1.165) is 5.56 Å². The summed E-state index contributed by atoms with van der Waals surface area (Å²) in [6, 6.07) is 7.94. The van der Waals surface area contributed by atoms with Crippen LogP contribution < -0.4 is 5.32 Å². The molecule has 5 nitrogen and oxygen atoms in total. The van der Waals surface area contributed by atoms with E-state index < -0.39 is 33.7 Å². The van der Waals surface area contributed by atoms with Crippen LogP contribution in [0.5, 0.6) is 0 Å². The molecule has 0 atom stereocenters. The number of carbonyl (C=O) groups is 1. The molecule has 2 aromatic carbocycles. The van der Waals surface area contributed by atoms with E-state index in [1.807, 2.05) is 0 Å². The number of nitrogens with zero attached hydrogens (tertiary/aromatic N) is 1. The fourth-order valence-electron chi connectivity index (χ4n) is 1.81. The van der Waals surface area contributed by atoms with Gasteiger partial charge in [-0.3, -0.25) is 14.9 Å². The summed E-state index contributed by atoms with van der Waals surface area (Å²) < 4.78 is 27.5. The number of nitrogens with one attached hydrogen (secondary N) is 1. The third kappa shape index (κ3) is 3.02. The lowest BCUT2D eigenvalue weighted by atomic mass is 10.1. The molecule has 1 amide bonds. The summed E-state index contributed by atoms with van der Waals surface area (Å²) in [5, 5.41) is 12.9. The van der Waals surface area contributed by atoms with Gasteiger partial charge in [0.2, 0.25) is 5.82 Å². The Balaban J connectivity index is 2.39. The van der Waals surface area contributed by atoms with Gasteiger partial charge >= 0.3 is 5.69 Å². The predicted octanol–water partition coefficient (Wildman–Crippen LogP) is 3.43. The van der Waals surface area contributed by atoms with Crippen LogP contribution in [0.25, 0.3) is 0 Å². The van der Waals surface area contributed by atoms with Crippen molar-refractivity contribution in [3.05, 3.63) is 69.3 Å². The summed E-state index contributed by atoms with van der Waals surface area (Å²) in [4.78, 5) is 21.5. The molecule has 0 aliphatic heterocycles. The first kappa shape index (κ1) is 14.6. The Kier molecular flexibility index (Phi) is 3.93. The minimum absolute atomic E-state index is 0.338. The van der Waals surface area contributed by atoms with E-state index in [1.165, 1.54) is 6.07 Å². The van der Waals surface area contributed by atoms with Crippen LogP contribution >= 0.6 is 0 Å². The highest BCUT2D eigenvalue weighted by molar-refractivity contribution is 6.05. The van der Waals surface area contributed by atoms with E-state index >= 15 is 0 Å². The number of aryl methyl sites for hydroxylation is 1.